The van der Waals surface area contributed by atoms with Crippen LogP contribution in [0.2, 0.25) is 0 Å². The van der Waals surface area contributed by atoms with E-state index in [-0.39, 0.29) is 18.0 Å². The number of nitrogens with zero attached hydrogens (tertiary/aromatic N) is 5. The summed E-state index contributed by atoms with van der Waals surface area (Å²) < 4.78 is 15.1. The number of thiazole rings is 1. The summed E-state index contributed by atoms with van der Waals surface area (Å²) in [5.74, 6) is 0.774. The van der Waals surface area contributed by atoms with Crippen molar-refractivity contribution in [2.45, 2.75) is 47.4 Å². The zero-order valence-electron chi connectivity index (χ0n) is 23.9. The predicted octanol–water partition coefficient (Wildman–Crippen LogP) is 4.98. The molecule has 1 atom stereocenters. The van der Waals surface area contributed by atoms with Gasteiger partial charge in [-0.25, -0.2) is 4.98 Å². The van der Waals surface area contributed by atoms with Crippen LogP contribution in [0.5, 0.6) is 0 Å². The Morgan fingerprint density at radius 1 is 1.09 bits per heavy atom. The maximum Gasteiger partial charge on any atom is 0.263 e. The highest BCUT2D eigenvalue weighted by Crippen LogP contribution is 2.31. The highest BCUT2D eigenvalue weighted by Gasteiger charge is 2.25. The number of amides is 1. The molecule has 10 nitrogen and oxygen atoms in total. The van der Waals surface area contributed by atoms with E-state index in [0.29, 0.717) is 55.8 Å². The van der Waals surface area contributed by atoms with Gasteiger partial charge in [0.05, 0.1) is 22.1 Å². The monoisotopic (exact) mass is 645 g/mol. The zero-order valence-corrected chi connectivity index (χ0v) is 26.3. The quantitative estimate of drug-likeness (QED) is 0.226. The number of aromatic nitrogens is 4. The van der Waals surface area contributed by atoms with Crippen LogP contribution in [0.1, 0.15) is 37.2 Å². The lowest BCUT2D eigenvalue weighted by molar-refractivity contribution is -0.130. The smallest absolute Gasteiger partial charge is 0.263 e. The number of carbonyl (C=O) groups is 1. The van der Waals surface area contributed by atoms with Gasteiger partial charge in [0.2, 0.25) is 16.1 Å². The molecule has 1 aromatic carbocycles. The van der Waals surface area contributed by atoms with Crippen molar-refractivity contribution >= 4 is 62.4 Å². The van der Waals surface area contributed by atoms with Gasteiger partial charge in [-0.1, -0.05) is 23.5 Å². The number of likely N-dealkylation sites (tertiary alicyclic amines) is 1. The number of pyridine rings is 1. The molecule has 6 heterocycles. The second-order valence-corrected chi connectivity index (χ2v) is 14.4. The van der Waals surface area contributed by atoms with E-state index in [9.17, 15) is 14.1 Å². The van der Waals surface area contributed by atoms with Gasteiger partial charge in [-0.2, -0.15) is 9.97 Å². The molecule has 2 fully saturated rings. The first-order valence-corrected chi connectivity index (χ1v) is 17.6. The van der Waals surface area contributed by atoms with E-state index < -0.39 is 11.2 Å². The maximum absolute atomic E-state index is 14.0. The number of piperidine rings is 1. The van der Waals surface area contributed by atoms with Crippen LogP contribution in [-0.2, 0) is 22.5 Å². The molecule has 2 saturated heterocycles. The molecule has 0 aliphatic carbocycles. The molecule has 2 aliphatic heterocycles. The van der Waals surface area contributed by atoms with Crippen LogP contribution in [-0.4, -0.2) is 61.1 Å². The number of nitrogens with one attached hydrogen (secondary N) is 2. The molecule has 0 bridgehead atoms. The van der Waals surface area contributed by atoms with Crippen LogP contribution in [0.3, 0.4) is 0 Å². The molecule has 5 aromatic rings. The van der Waals surface area contributed by atoms with Crippen molar-refractivity contribution in [2.24, 2.45) is 0 Å². The summed E-state index contributed by atoms with van der Waals surface area (Å²) in [5, 5.41) is 11.7. The van der Waals surface area contributed by atoms with Crippen LogP contribution >= 0.6 is 22.7 Å². The summed E-state index contributed by atoms with van der Waals surface area (Å²) in [6.07, 6.45) is 5.83. The van der Waals surface area contributed by atoms with Gasteiger partial charge < -0.3 is 20.1 Å². The van der Waals surface area contributed by atoms with E-state index >= 15 is 0 Å². The third-order valence-corrected chi connectivity index (χ3v) is 11.7. The average molecular weight is 646 g/mol. The number of hydrogen-bond acceptors (Lipinski definition) is 10. The van der Waals surface area contributed by atoms with Crippen molar-refractivity contribution in [1.82, 2.24) is 29.7 Å². The first-order valence-electron chi connectivity index (χ1n) is 14.7. The lowest BCUT2D eigenvalue weighted by Gasteiger charge is -2.23. The lowest BCUT2D eigenvalue weighted by atomic mass is 9.90. The zero-order chi connectivity index (χ0) is 30.0. The van der Waals surface area contributed by atoms with Gasteiger partial charge in [0, 0.05) is 36.4 Å². The Kier molecular flexibility index (Phi) is 8.45. The number of benzene rings is 1. The van der Waals surface area contributed by atoms with Gasteiger partial charge in [0.25, 0.3) is 10.6 Å². The SMILES string of the molecule is O=C(Cn1c(=O)c(-c2nc([S+]([O-])c3cccs3)cs2)cc2cnc(Nc3ccc(C4CCNCC4)cc3)nc21)N1CCCC1. The summed E-state index contributed by atoms with van der Waals surface area (Å²) in [7, 11) is 0. The number of fused-ring (bicyclic) bond motifs is 1. The Morgan fingerprint density at radius 2 is 1.89 bits per heavy atom. The summed E-state index contributed by atoms with van der Waals surface area (Å²) in [6, 6.07) is 13.7. The maximum atomic E-state index is 14.0. The lowest BCUT2D eigenvalue weighted by Crippen LogP contribution is -2.35. The van der Waals surface area contributed by atoms with Crippen molar-refractivity contribution in [3.8, 4) is 10.6 Å². The largest absolute Gasteiger partial charge is 0.605 e. The Balaban J connectivity index is 1.22. The normalized spacial score (nSPS) is 16.4. The molecule has 13 heteroatoms. The minimum atomic E-state index is -1.43. The summed E-state index contributed by atoms with van der Waals surface area (Å²) in [4.78, 5) is 42.9. The van der Waals surface area contributed by atoms with Gasteiger partial charge in [-0.15, -0.1) is 11.3 Å². The summed E-state index contributed by atoms with van der Waals surface area (Å²) in [6.45, 7) is 3.31. The molecule has 1 unspecified atom stereocenters. The molecule has 226 valence electrons. The fraction of sp³-hybridized carbons (Fsp3) is 0.323. The molecular weight excluding hydrogens is 615 g/mol. The molecule has 0 spiro atoms. The summed E-state index contributed by atoms with van der Waals surface area (Å²) >= 11 is 1.22. The molecule has 7 rings (SSSR count). The molecule has 2 aliphatic rings. The fourth-order valence-electron chi connectivity index (χ4n) is 5.78. The molecule has 0 radical (unpaired) electrons. The second kappa shape index (κ2) is 12.8. The van der Waals surface area contributed by atoms with Gasteiger partial charge in [-0.3, -0.25) is 14.2 Å². The second-order valence-electron chi connectivity index (χ2n) is 11.0. The highest BCUT2D eigenvalue weighted by atomic mass is 32.2. The van der Waals surface area contributed by atoms with Crippen LogP contribution in [0, 0.1) is 0 Å². The average Bonchev–Trinajstić information content (AvgIpc) is 3.86. The third-order valence-electron chi connectivity index (χ3n) is 8.14. The van der Waals surface area contributed by atoms with Crippen LogP contribution in [0.4, 0.5) is 11.6 Å². The van der Waals surface area contributed by atoms with Crippen molar-refractivity contribution in [1.29, 1.82) is 0 Å². The van der Waals surface area contributed by atoms with Crippen molar-refractivity contribution in [2.75, 3.05) is 31.5 Å². The van der Waals surface area contributed by atoms with E-state index in [0.717, 1.165) is 44.5 Å². The van der Waals surface area contributed by atoms with Crippen molar-refractivity contribution < 1.29 is 9.35 Å². The molecule has 4 aromatic heterocycles. The topological polar surface area (TPSA) is 128 Å². The number of hydrogen-bond donors (Lipinski definition) is 2. The van der Waals surface area contributed by atoms with Crippen LogP contribution in [0.25, 0.3) is 21.6 Å². The summed E-state index contributed by atoms with van der Waals surface area (Å²) in [5.41, 5.74) is 2.49. The Hall–Kier alpha value is -3.62. The molecule has 1 amide bonds. The van der Waals surface area contributed by atoms with Gasteiger partial charge in [0.1, 0.15) is 17.2 Å². The number of rotatable bonds is 8. The van der Waals surface area contributed by atoms with Gasteiger partial charge in [-0.05, 0) is 79.9 Å². The van der Waals surface area contributed by atoms with Crippen LogP contribution < -0.4 is 16.2 Å². The Labute approximate surface area is 265 Å². The van der Waals surface area contributed by atoms with Gasteiger partial charge >= 0.3 is 0 Å². The fourth-order valence-corrected chi connectivity index (χ4v) is 8.83. The van der Waals surface area contributed by atoms with Crippen molar-refractivity contribution in [3.63, 3.8) is 0 Å². The molecule has 0 saturated carbocycles. The number of anilines is 2. The first kappa shape index (κ1) is 29.1. The predicted molar refractivity (Wildman–Crippen MR) is 174 cm³/mol. The Morgan fingerprint density at radius 3 is 2.64 bits per heavy atom. The minimum Gasteiger partial charge on any atom is -0.605 e. The Bertz CT molecular complexity index is 1830. The van der Waals surface area contributed by atoms with E-state index in [1.165, 1.54) is 32.8 Å². The van der Waals surface area contributed by atoms with Crippen molar-refractivity contribution in [3.05, 3.63) is 75.3 Å². The highest BCUT2D eigenvalue weighted by molar-refractivity contribution is 7.93. The molecule has 2 N–H and O–H groups in total. The first-order chi connectivity index (χ1) is 21.5. The minimum absolute atomic E-state index is 0.122. The van der Waals surface area contributed by atoms with E-state index in [4.69, 9.17) is 4.98 Å². The van der Waals surface area contributed by atoms with E-state index in [1.807, 2.05) is 23.6 Å². The van der Waals surface area contributed by atoms with Gasteiger partial charge in [0.15, 0.2) is 0 Å². The van der Waals surface area contributed by atoms with E-state index in [1.54, 1.807) is 28.6 Å². The molecular formula is C31H31N7O3S3. The number of carbonyl (C=O) groups excluding carboxylic acids is 1. The number of thiophene rings is 1. The van der Waals surface area contributed by atoms with E-state index in [2.05, 4.69) is 32.7 Å². The molecule has 44 heavy (non-hydrogen) atoms. The van der Waals surface area contributed by atoms with Crippen LogP contribution in [0.15, 0.2) is 73.5 Å². The third kappa shape index (κ3) is 6.02. The standard InChI is InChI=1S/C31H31N7O3S3/c39-26(37-13-1-2-14-37)18-38-28-22(16-24(30(38)40)29-35-25(19-43-29)44(41)27-4-3-15-42-27)17-33-31(36-28)34-23-7-5-20(6-8-23)21-9-11-32-12-10-21/h3-8,15-17,19,21,32H,1-2,9-14,18H2,(H,33,34,36).